The first-order chi connectivity index (χ1) is 11.9. The predicted octanol–water partition coefficient (Wildman–Crippen LogP) is 2.82. The SMILES string of the molecule is Cc1onc2c1CC1(CC2)Cc2ccc(Br)cc2C12N=C(N)N(C)O2. The highest BCUT2D eigenvalue weighted by atomic mass is 79.9. The molecule has 130 valence electrons. The number of nitrogens with two attached hydrogens (primary N) is 1. The zero-order valence-corrected chi connectivity index (χ0v) is 15.8. The van der Waals surface area contributed by atoms with Gasteiger partial charge in [0.2, 0.25) is 11.7 Å². The summed E-state index contributed by atoms with van der Waals surface area (Å²) in [6.07, 6.45) is 3.54. The van der Waals surface area contributed by atoms with Crippen LogP contribution in [0.3, 0.4) is 0 Å². The van der Waals surface area contributed by atoms with Crippen molar-refractivity contribution < 1.29 is 9.36 Å². The number of rotatable bonds is 0. The highest BCUT2D eigenvalue weighted by Crippen LogP contribution is 2.61. The number of aliphatic imine (C=N–C) groups is 1. The zero-order chi connectivity index (χ0) is 17.4. The second-order valence-electron chi connectivity index (χ2n) is 7.30. The summed E-state index contributed by atoms with van der Waals surface area (Å²) in [5.74, 6) is 1.31. The van der Waals surface area contributed by atoms with Gasteiger partial charge >= 0.3 is 0 Å². The Morgan fingerprint density at radius 2 is 2.16 bits per heavy atom. The number of guanidine groups is 1. The molecule has 2 spiro atoms. The number of hydroxylamine groups is 2. The molecule has 2 unspecified atom stereocenters. The van der Waals surface area contributed by atoms with Crippen LogP contribution in [0.25, 0.3) is 0 Å². The molecular weight excluding hydrogens is 384 g/mol. The van der Waals surface area contributed by atoms with Gasteiger partial charge in [0.25, 0.3) is 0 Å². The number of aromatic nitrogens is 1. The Hall–Kier alpha value is -1.86. The van der Waals surface area contributed by atoms with Crippen molar-refractivity contribution in [3.05, 3.63) is 50.8 Å². The molecule has 3 aliphatic rings. The number of halogens is 1. The summed E-state index contributed by atoms with van der Waals surface area (Å²) in [6, 6.07) is 6.37. The molecule has 0 radical (unpaired) electrons. The fourth-order valence-electron chi connectivity index (χ4n) is 4.69. The van der Waals surface area contributed by atoms with Crippen LogP contribution < -0.4 is 5.73 Å². The number of hydrogen-bond donors (Lipinski definition) is 1. The van der Waals surface area contributed by atoms with E-state index in [2.05, 4.69) is 39.3 Å². The van der Waals surface area contributed by atoms with E-state index in [4.69, 9.17) is 20.1 Å². The van der Waals surface area contributed by atoms with Crippen LogP contribution in [0.2, 0.25) is 0 Å². The molecule has 2 atom stereocenters. The van der Waals surface area contributed by atoms with E-state index < -0.39 is 5.72 Å². The van der Waals surface area contributed by atoms with Crippen molar-refractivity contribution in [1.82, 2.24) is 10.2 Å². The van der Waals surface area contributed by atoms with Gasteiger partial charge in [-0.1, -0.05) is 27.2 Å². The lowest BCUT2D eigenvalue weighted by Crippen LogP contribution is -2.47. The van der Waals surface area contributed by atoms with Gasteiger partial charge in [-0.2, -0.15) is 0 Å². The van der Waals surface area contributed by atoms with Crippen LogP contribution in [-0.2, 0) is 29.8 Å². The van der Waals surface area contributed by atoms with Crippen LogP contribution in [0.1, 0.15) is 34.6 Å². The molecule has 1 aromatic heterocycles. The Morgan fingerprint density at radius 3 is 2.92 bits per heavy atom. The predicted molar refractivity (Wildman–Crippen MR) is 95.7 cm³/mol. The number of fused-ring (bicyclic) bond motifs is 4. The van der Waals surface area contributed by atoms with Gasteiger partial charge in [-0.3, -0.25) is 0 Å². The Labute approximate surface area is 154 Å². The van der Waals surface area contributed by atoms with Crippen molar-refractivity contribution in [2.24, 2.45) is 16.1 Å². The van der Waals surface area contributed by atoms with Gasteiger partial charge in [0.05, 0.1) is 5.69 Å². The second kappa shape index (κ2) is 4.86. The molecule has 7 heteroatoms. The van der Waals surface area contributed by atoms with Crippen LogP contribution in [0.4, 0.5) is 0 Å². The van der Waals surface area contributed by atoms with Crippen molar-refractivity contribution in [3.8, 4) is 0 Å². The Kier molecular flexibility index (Phi) is 2.99. The molecule has 2 aromatic rings. The minimum atomic E-state index is -0.785. The van der Waals surface area contributed by atoms with E-state index in [0.29, 0.717) is 5.96 Å². The fourth-order valence-corrected chi connectivity index (χ4v) is 5.06. The van der Waals surface area contributed by atoms with Crippen molar-refractivity contribution in [3.63, 3.8) is 0 Å². The first kappa shape index (κ1) is 15.4. The number of nitrogens with zero attached hydrogens (tertiary/aromatic N) is 3. The van der Waals surface area contributed by atoms with Gasteiger partial charge in [0, 0.05) is 28.1 Å². The van der Waals surface area contributed by atoms with E-state index in [1.165, 1.54) is 11.1 Å². The number of aryl methyl sites for hydroxylation is 2. The summed E-state index contributed by atoms with van der Waals surface area (Å²) in [4.78, 5) is 11.2. The molecule has 0 saturated heterocycles. The largest absolute Gasteiger partial charge is 0.368 e. The third kappa shape index (κ3) is 1.88. The normalized spacial score (nSPS) is 30.0. The lowest BCUT2D eigenvalue weighted by molar-refractivity contribution is -0.224. The highest BCUT2D eigenvalue weighted by Gasteiger charge is 2.63. The molecule has 2 heterocycles. The maximum Gasteiger partial charge on any atom is 0.221 e. The Morgan fingerprint density at radius 1 is 1.32 bits per heavy atom. The molecule has 1 aromatic carbocycles. The number of benzene rings is 1. The van der Waals surface area contributed by atoms with Crippen LogP contribution in [0.15, 0.2) is 32.2 Å². The minimum Gasteiger partial charge on any atom is -0.368 e. The lowest BCUT2D eigenvalue weighted by atomic mass is 9.66. The maximum atomic E-state index is 6.36. The molecule has 0 bridgehead atoms. The van der Waals surface area contributed by atoms with Crippen molar-refractivity contribution in [1.29, 1.82) is 0 Å². The van der Waals surface area contributed by atoms with E-state index in [1.54, 1.807) is 5.06 Å². The van der Waals surface area contributed by atoms with Crippen LogP contribution in [0, 0.1) is 12.3 Å². The standard InChI is InChI=1S/C18H19BrN4O2/c1-10-13-9-17(6-5-15(13)22-24-10)8-11-3-4-12(19)7-14(11)18(17)21-16(20)23(2)25-18/h3-4,7H,5-6,8-9H2,1-2H3,(H2,20,21). The third-order valence-corrected chi connectivity index (χ3v) is 6.46. The monoisotopic (exact) mass is 402 g/mol. The van der Waals surface area contributed by atoms with Crippen molar-refractivity contribution >= 4 is 21.9 Å². The molecule has 2 N–H and O–H groups in total. The van der Waals surface area contributed by atoms with Crippen LogP contribution in [0.5, 0.6) is 0 Å². The molecule has 0 saturated carbocycles. The number of hydrogen-bond acceptors (Lipinski definition) is 6. The molecule has 5 rings (SSSR count). The summed E-state index contributed by atoms with van der Waals surface area (Å²) in [6.45, 7) is 1.98. The van der Waals surface area contributed by atoms with E-state index in [-0.39, 0.29) is 5.41 Å². The summed E-state index contributed by atoms with van der Waals surface area (Å²) >= 11 is 3.60. The van der Waals surface area contributed by atoms with E-state index in [1.807, 2.05) is 14.0 Å². The van der Waals surface area contributed by atoms with Gasteiger partial charge in [-0.25, -0.2) is 14.9 Å². The molecule has 1 aliphatic heterocycles. The summed E-state index contributed by atoms with van der Waals surface area (Å²) in [5.41, 5.74) is 9.80. The summed E-state index contributed by atoms with van der Waals surface area (Å²) < 4.78 is 6.46. The molecule has 0 amide bonds. The lowest BCUT2D eigenvalue weighted by Gasteiger charge is -2.42. The second-order valence-corrected chi connectivity index (χ2v) is 8.22. The van der Waals surface area contributed by atoms with E-state index >= 15 is 0 Å². The van der Waals surface area contributed by atoms with Crippen molar-refractivity contribution in [2.45, 2.75) is 38.3 Å². The van der Waals surface area contributed by atoms with Gasteiger partial charge < -0.3 is 10.3 Å². The van der Waals surface area contributed by atoms with Gasteiger partial charge in [0.15, 0.2) is 0 Å². The fraction of sp³-hybridized carbons (Fsp3) is 0.444. The van der Waals surface area contributed by atoms with Gasteiger partial charge in [0.1, 0.15) is 5.76 Å². The molecule has 6 nitrogen and oxygen atoms in total. The third-order valence-electron chi connectivity index (χ3n) is 5.97. The van der Waals surface area contributed by atoms with Crippen LogP contribution >= 0.6 is 15.9 Å². The molecular formula is C18H19BrN4O2. The summed E-state index contributed by atoms with van der Waals surface area (Å²) in [5, 5.41) is 5.82. The molecule has 2 aliphatic carbocycles. The smallest absolute Gasteiger partial charge is 0.221 e. The van der Waals surface area contributed by atoms with Gasteiger partial charge in [-0.15, -0.1) is 0 Å². The van der Waals surface area contributed by atoms with Crippen molar-refractivity contribution in [2.75, 3.05) is 7.05 Å². The zero-order valence-electron chi connectivity index (χ0n) is 14.2. The highest BCUT2D eigenvalue weighted by molar-refractivity contribution is 9.10. The van der Waals surface area contributed by atoms with Crippen LogP contribution in [-0.4, -0.2) is 23.2 Å². The molecule has 0 fully saturated rings. The first-order valence-electron chi connectivity index (χ1n) is 8.45. The van der Waals surface area contributed by atoms with E-state index in [0.717, 1.165) is 47.2 Å². The topological polar surface area (TPSA) is 76.9 Å². The van der Waals surface area contributed by atoms with E-state index in [9.17, 15) is 0 Å². The average Bonchev–Trinajstić information content (AvgIpc) is 3.17. The Balaban J connectivity index is 1.72. The quantitative estimate of drug-likeness (QED) is 0.732. The Bertz CT molecular complexity index is 924. The summed E-state index contributed by atoms with van der Waals surface area (Å²) in [7, 11) is 1.82. The maximum absolute atomic E-state index is 6.36. The first-order valence-corrected chi connectivity index (χ1v) is 9.25. The average molecular weight is 403 g/mol. The molecule has 25 heavy (non-hydrogen) atoms. The minimum absolute atomic E-state index is 0.186. The van der Waals surface area contributed by atoms with Gasteiger partial charge in [-0.05, 0) is 50.3 Å².